The van der Waals surface area contributed by atoms with Crippen LogP contribution in [-0.4, -0.2) is 22.8 Å². The van der Waals surface area contributed by atoms with Crippen molar-refractivity contribution >= 4 is 11.3 Å². The van der Waals surface area contributed by atoms with Gasteiger partial charge >= 0.3 is 0 Å². The lowest BCUT2D eigenvalue weighted by Crippen LogP contribution is -2.24. The molecule has 0 saturated heterocycles. The highest BCUT2D eigenvalue weighted by Gasteiger charge is 2.54. The summed E-state index contributed by atoms with van der Waals surface area (Å²) in [4.78, 5) is 0. The highest BCUT2D eigenvalue weighted by Crippen LogP contribution is 2.63. The fourth-order valence-electron chi connectivity index (χ4n) is 3.16. The highest BCUT2D eigenvalue weighted by atomic mass is 32.1. The van der Waals surface area contributed by atoms with Crippen LogP contribution in [-0.2, 0) is 6.42 Å². The van der Waals surface area contributed by atoms with Crippen LogP contribution < -0.4 is 5.32 Å². The van der Waals surface area contributed by atoms with E-state index in [0.29, 0.717) is 6.04 Å². The van der Waals surface area contributed by atoms with Crippen LogP contribution in [0.4, 0.5) is 0 Å². The molecule has 0 spiro atoms. The molecular weight excluding hydrogens is 230 g/mol. The van der Waals surface area contributed by atoms with Crippen LogP contribution >= 0.6 is 11.3 Å². The molecule has 94 valence electrons. The molecule has 0 aliphatic heterocycles. The van der Waals surface area contributed by atoms with Crippen LogP contribution in [0.15, 0.2) is 0 Å². The summed E-state index contributed by atoms with van der Waals surface area (Å²) >= 11 is 1.85. The van der Waals surface area contributed by atoms with Gasteiger partial charge in [-0.25, -0.2) is 0 Å². The molecule has 1 heterocycles. The maximum atomic E-state index is 4.40. The van der Waals surface area contributed by atoms with Crippen molar-refractivity contribution in [2.45, 2.75) is 51.5 Å². The predicted octanol–water partition coefficient (Wildman–Crippen LogP) is 2.59. The first kappa shape index (κ1) is 11.6. The molecule has 0 aromatic carbocycles. The summed E-state index contributed by atoms with van der Waals surface area (Å²) in [6.07, 6.45) is 5.33. The molecule has 2 atom stereocenters. The lowest BCUT2D eigenvalue weighted by Gasteiger charge is -2.05. The Bertz CT molecular complexity index is 378. The second kappa shape index (κ2) is 4.65. The number of rotatable bonds is 5. The van der Waals surface area contributed by atoms with Crippen molar-refractivity contribution in [1.29, 1.82) is 0 Å². The quantitative estimate of drug-likeness (QED) is 0.874. The Labute approximate surface area is 107 Å². The van der Waals surface area contributed by atoms with Crippen molar-refractivity contribution in [3.8, 4) is 0 Å². The number of fused-ring (bicyclic) bond motifs is 1. The van der Waals surface area contributed by atoms with Crippen LogP contribution in [0.5, 0.6) is 0 Å². The topological polar surface area (TPSA) is 37.8 Å². The molecule has 2 aliphatic rings. The van der Waals surface area contributed by atoms with Gasteiger partial charge in [-0.2, -0.15) is 0 Å². The lowest BCUT2D eigenvalue weighted by atomic mass is 10.2. The summed E-state index contributed by atoms with van der Waals surface area (Å²) in [5.41, 5.74) is 0. The second-order valence-corrected chi connectivity index (χ2v) is 6.77. The summed E-state index contributed by atoms with van der Waals surface area (Å²) < 4.78 is 0. The van der Waals surface area contributed by atoms with Crippen LogP contribution in [0.3, 0.4) is 0 Å². The molecule has 3 nitrogen and oxygen atoms in total. The highest BCUT2D eigenvalue weighted by molar-refractivity contribution is 7.11. The van der Waals surface area contributed by atoms with E-state index in [1.54, 1.807) is 0 Å². The minimum atomic E-state index is 0.560. The third kappa shape index (κ3) is 2.38. The molecule has 4 heteroatoms. The number of aromatic nitrogens is 2. The maximum absolute atomic E-state index is 4.40. The van der Waals surface area contributed by atoms with E-state index in [9.17, 15) is 0 Å². The van der Waals surface area contributed by atoms with Crippen molar-refractivity contribution in [2.75, 3.05) is 6.54 Å². The average molecular weight is 251 g/mol. The SMILES string of the molecule is CC(C)NCCc1nnc(C2C3CCCC32)s1. The van der Waals surface area contributed by atoms with Crippen molar-refractivity contribution in [2.24, 2.45) is 11.8 Å². The zero-order valence-electron chi connectivity index (χ0n) is 10.6. The van der Waals surface area contributed by atoms with Gasteiger partial charge in [0.2, 0.25) is 0 Å². The number of nitrogens with one attached hydrogen (secondary N) is 1. The molecule has 1 aromatic heterocycles. The number of hydrogen-bond donors (Lipinski definition) is 1. The first-order valence-electron chi connectivity index (χ1n) is 6.81. The van der Waals surface area contributed by atoms with E-state index in [0.717, 1.165) is 30.7 Å². The van der Waals surface area contributed by atoms with Gasteiger partial charge in [0.1, 0.15) is 10.0 Å². The molecule has 3 rings (SSSR count). The number of hydrogen-bond acceptors (Lipinski definition) is 4. The molecule has 2 saturated carbocycles. The Hall–Kier alpha value is -0.480. The Morgan fingerprint density at radius 3 is 2.76 bits per heavy atom. The van der Waals surface area contributed by atoms with Gasteiger partial charge in [-0.15, -0.1) is 21.5 Å². The molecule has 0 bridgehead atoms. The monoisotopic (exact) mass is 251 g/mol. The zero-order chi connectivity index (χ0) is 11.8. The minimum absolute atomic E-state index is 0.560. The zero-order valence-corrected chi connectivity index (χ0v) is 11.5. The smallest absolute Gasteiger partial charge is 0.121 e. The Balaban J connectivity index is 1.53. The van der Waals surface area contributed by atoms with Crippen LogP contribution in [0.25, 0.3) is 0 Å². The average Bonchev–Trinajstić information content (AvgIpc) is 2.73. The van der Waals surface area contributed by atoms with Gasteiger partial charge in [0.15, 0.2) is 0 Å². The molecule has 1 aromatic rings. The van der Waals surface area contributed by atoms with E-state index in [4.69, 9.17) is 0 Å². The van der Waals surface area contributed by atoms with Gasteiger partial charge in [0.05, 0.1) is 0 Å². The summed E-state index contributed by atoms with van der Waals surface area (Å²) in [5.74, 6) is 2.71. The van der Waals surface area contributed by atoms with Gasteiger partial charge in [0, 0.05) is 24.9 Å². The molecule has 0 radical (unpaired) electrons. The van der Waals surface area contributed by atoms with E-state index in [1.807, 2.05) is 11.3 Å². The fourth-order valence-corrected chi connectivity index (χ4v) is 4.25. The van der Waals surface area contributed by atoms with Gasteiger partial charge < -0.3 is 5.32 Å². The summed E-state index contributed by atoms with van der Waals surface area (Å²) in [7, 11) is 0. The van der Waals surface area contributed by atoms with Gasteiger partial charge in [-0.1, -0.05) is 20.3 Å². The van der Waals surface area contributed by atoms with E-state index in [-0.39, 0.29) is 0 Å². The molecule has 2 aliphatic carbocycles. The largest absolute Gasteiger partial charge is 0.314 e. The van der Waals surface area contributed by atoms with Crippen molar-refractivity contribution in [3.05, 3.63) is 10.0 Å². The Kier molecular flexibility index (Phi) is 3.17. The third-order valence-electron chi connectivity index (χ3n) is 4.07. The van der Waals surface area contributed by atoms with Gasteiger partial charge in [-0.05, 0) is 24.7 Å². The fraction of sp³-hybridized carbons (Fsp3) is 0.846. The van der Waals surface area contributed by atoms with Gasteiger partial charge in [0.25, 0.3) is 0 Å². The van der Waals surface area contributed by atoms with Crippen molar-refractivity contribution < 1.29 is 0 Å². The van der Waals surface area contributed by atoms with Crippen molar-refractivity contribution in [1.82, 2.24) is 15.5 Å². The normalized spacial score (nSPS) is 30.9. The van der Waals surface area contributed by atoms with Gasteiger partial charge in [-0.3, -0.25) is 0 Å². The molecule has 1 N–H and O–H groups in total. The molecule has 2 unspecified atom stereocenters. The summed E-state index contributed by atoms with van der Waals surface area (Å²) in [5, 5.41) is 14.7. The van der Waals surface area contributed by atoms with E-state index < -0.39 is 0 Å². The second-order valence-electron chi connectivity index (χ2n) is 5.68. The van der Waals surface area contributed by atoms with Crippen LogP contribution in [0, 0.1) is 11.8 Å². The molecule has 17 heavy (non-hydrogen) atoms. The van der Waals surface area contributed by atoms with Crippen molar-refractivity contribution in [3.63, 3.8) is 0 Å². The summed E-state index contributed by atoms with van der Waals surface area (Å²) in [6, 6.07) is 0.560. The first-order valence-corrected chi connectivity index (χ1v) is 7.63. The standard InChI is InChI=1S/C13H21N3S/c1-8(2)14-7-6-11-15-16-13(17-11)12-9-4-3-5-10(9)12/h8-10,12,14H,3-7H2,1-2H3. The maximum Gasteiger partial charge on any atom is 0.121 e. The minimum Gasteiger partial charge on any atom is -0.314 e. The first-order chi connectivity index (χ1) is 8.25. The number of nitrogens with zero attached hydrogens (tertiary/aromatic N) is 2. The Morgan fingerprint density at radius 2 is 2.06 bits per heavy atom. The van der Waals surface area contributed by atoms with Crippen LogP contribution in [0.2, 0.25) is 0 Å². The third-order valence-corrected chi connectivity index (χ3v) is 5.15. The predicted molar refractivity (Wildman–Crippen MR) is 70.3 cm³/mol. The van der Waals surface area contributed by atoms with Crippen LogP contribution in [0.1, 0.15) is 49.0 Å². The summed E-state index contributed by atoms with van der Waals surface area (Å²) in [6.45, 7) is 5.37. The molecule has 2 fully saturated rings. The van der Waals surface area contributed by atoms with E-state index in [1.165, 1.54) is 29.3 Å². The van der Waals surface area contributed by atoms with E-state index in [2.05, 4.69) is 29.4 Å². The molecular formula is C13H21N3S. The lowest BCUT2D eigenvalue weighted by molar-refractivity contribution is 0.588. The van der Waals surface area contributed by atoms with E-state index >= 15 is 0 Å². The Morgan fingerprint density at radius 1 is 1.29 bits per heavy atom. The molecule has 0 amide bonds.